The highest BCUT2D eigenvalue weighted by Crippen LogP contribution is 2.11. The molecule has 19 heavy (non-hydrogen) atoms. The summed E-state index contributed by atoms with van der Waals surface area (Å²) in [6, 6.07) is 4.04. The van der Waals surface area contributed by atoms with Crippen molar-refractivity contribution >= 4 is 17.2 Å². The third-order valence-electron chi connectivity index (χ3n) is 2.34. The first kappa shape index (κ1) is 20.4. The van der Waals surface area contributed by atoms with Crippen LogP contribution in [0.3, 0.4) is 0 Å². The average molecular weight is 287 g/mol. The predicted molar refractivity (Wildman–Crippen MR) is 84.7 cm³/mol. The minimum Gasteiger partial charge on any atom is -0.380 e. The van der Waals surface area contributed by atoms with Gasteiger partial charge in [-0.05, 0) is 17.2 Å². The van der Waals surface area contributed by atoms with E-state index in [4.69, 9.17) is 4.74 Å². The Morgan fingerprint density at radius 3 is 2.05 bits per heavy atom. The number of thiophene rings is 1. The van der Waals surface area contributed by atoms with E-state index >= 15 is 0 Å². The van der Waals surface area contributed by atoms with Crippen molar-refractivity contribution in [3.05, 3.63) is 22.9 Å². The first-order valence-corrected chi connectivity index (χ1v) is 7.92. The molecule has 4 heteroatoms. The Labute approximate surface area is 122 Å². The molecule has 1 aliphatic rings. The maximum absolute atomic E-state index is 10.9. The Hall–Kier alpha value is -0.870. The summed E-state index contributed by atoms with van der Waals surface area (Å²) in [4.78, 5) is 12.6. The largest absolute Gasteiger partial charge is 0.380 e. The second-order valence-corrected chi connectivity index (χ2v) is 4.28. The van der Waals surface area contributed by atoms with E-state index in [1.54, 1.807) is 23.3 Å². The molecule has 1 amide bonds. The number of ether oxygens (including phenoxy) is 1. The summed E-state index contributed by atoms with van der Waals surface area (Å²) in [7, 11) is 3.50. The van der Waals surface area contributed by atoms with E-state index in [-0.39, 0.29) is 12.0 Å². The summed E-state index contributed by atoms with van der Waals surface area (Å²) in [6.45, 7) is 8.75. The Morgan fingerprint density at radius 2 is 1.74 bits per heavy atom. The van der Waals surface area contributed by atoms with Gasteiger partial charge in [0.05, 0.1) is 6.10 Å². The lowest BCUT2D eigenvalue weighted by Crippen LogP contribution is -2.40. The Kier molecular flexibility index (Phi) is 16.3. The lowest BCUT2D eigenvalue weighted by atomic mass is 10.1. The molecule has 0 spiro atoms. The standard InChI is InChI=1S/C7H13NO2.C4H4S.2C2H6/c1-8-5-6(10-2)3-4-7(8)9;1-2-4-5-3-1;2*1-2/h6H,3-5H2,1-2H3;1-4H;2*1-2H3. The van der Waals surface area contributed by atoms with Gasteiger partial charge in [0.2, 0.25) is 5.91 Å². The fourth-order valence-electron chi connectivity index (χ4n) is 1.39. The van der Waals surface area contributed by atoms with Crippen molar-refractivity contribution in [1.82, 2.24) is 4.90 Å². The lowest BCUT2D eigenvalue weighted by Gasteiger charge is -2.28. The summed E-state index contributed by atoms with van der Waals surface area (Å²) in [5, 5.41) is 4.08. The zero-order valence-electron chi connectivity index (χ0n) is 13.2. The third-order valence-corrected chi connectivity index (χ3v) is 2.97. The van der Waals surface area contributed by atoms with Crippen molar-refractivity contribution < 1.29 is 9.53 Å². The molecule has 1 atom stereocenters. The molecule has 1 aliphatic heterocycles. The van der Waals surface area contributed by atoms with E-state index in [1.807, 2.05) is 57.6 Å². The molecule has 1 aromatic heterocycles. The van der Waals surface area contributed by atoms with E-state index in [0.717, 1.165) is 13.0 Å². The molecule has 3 nitrogen and oxygen atoms in total. The van der Waals surface area contributed by atoms with Crippen LogP contribution < -0.4 is 0 Å². The van der Waals surface area contributed by atoms with Crippen molar-refractivity contribution in [1.29, 1.82) is 0 Å². The molecular formula is C15H29NO2S. The van der Waals surface area contributed by atoms with Crippen LogP contribution in [0.2, 0.25) is 0 Å². The van der Waals surface area contributed by atoms with Gasteiger partial charge in [0.25, 0.3) is 0 Å². The van der Waals surface area contributed by atoms with Gasteiger partial charge < -0.3 is 9.64 Å². The number of carbonyl (C=O) groups excluding carboxylic acids is 1. The molecule has 0 bridgehead atoms. The molecule has 0 saturated carbocycles. The van der Waals surface area contributed by atoms with Crippen molar-refractivity contribution in [2.45, 2.75) is 46.6 Å². The van der Waals surface area contributed by atoms with Crippen LogP contribution in [0.15, 0.2) is 22.9 Å². The zero-order chi connectivity index (χ0) is 15.1. The van der Waals surface area contributed by atoms with Gasteiger partial charge in [-0.25, -0.2) is 0 Å². The number of likely N-dealkylation sites (tertiary alicyclic amines) is 1. The maximum atomic E-state index is 10.9. The van der Waals surface area contributed by atoms with Gasteiger partial charge in [0.15, 0.2) is 0 Å². The number of hydrogen-bond donors (Lipinski definition) is 0. The van der Waals surface area contributed by atoms with Crippen molar-refractivity contribution in [2.75, 3.05) is 20.7 Å². The number of carbonyl (C=O) groups is 1. The van der Waals surface area contributed by atoms with Gasteiger partial charge in [-0.1, -0.05) is 39.8 Å². The number of methoxy groups -OCH3 is 1. The molecule has 0 aromatic carbocycles. The Balaban J connectivity index is 0. The van der Waals surface area contributed by atoms with Crippen LogP contribution in [0.25, 0.3) is 0 Å². The zero-order valence-corrected chi connectivity index (χ0v) is 14.0. The van der Waals surface area contributed by atoms with E-state index < -0.39 is 0 Å². The molecule has 2 heterocycles. The second kappa shape index (κ2) is 15.2. The van der Waals surface area contributed by atoms with E-state index in [9.17, 15) is 4.79 Å². The van der Waals surface area contributed by atoms with Crippen LogP contribution >= 0.6 is 11.3 Å². The smallest absolute Gasteiger partial charge is 0.222 e. The normalized spacial score (nSPS) is 17.1. The maximum Gasteiger partial charge on any atom is 0.222 e. The topological polar surface area (TPSA) is 29.5 Å². The van der Waals surface area contributed by atoms with Crippen LogP contribution in [0.1, 0.15) is 40.5 Å². The molecular weight excluding hydrogens is 258 g/mol. The highest BCUT2D eigenvalue weighted by atomic mass is 32.1. The van der Waals surface area contributed by atoms with Gasteiger partial charge in [-0.2, -0.15) is 11.3 Å². The quantitative estimate of drug-likeness (QED) is 0.779. The molecule has 2 rings (SSSR count). The third kappa shape index (κ3) is 10.7. The van der Waals surface area contributed by atoms with Crippen molar-refractivity contribution in [3.8, 4) is 0 Å². The van der Waals surface area contributed by atoms with Crippen molar-refractivity contribution in [3.63, 3.8) is 0 Å². The molecule has 1 fully saturated rings. The molecule has 0 radical (unpaired) electrons. The van der Waals surface area contributed by atoms with Crippen LogP contribution in [-0.4, -0.2) is 37.6 Å². The van der Waals surface area contributed by atoms with Gasteiger partial charge in [-0.15, -0.1) is 0 Å². The van der Waals surface area contributed by atoms with Crippen LogP contribution in [-0.2, 0) is 9.53 Å². The molecule has 0 aliphatic carbocycles. The number of amides is 1. The summed E-state index contributed by atoms with van der Waals surface area (Å²) < 4.78 is 5.12. The molecule has 1 saturated heterocycles. The first-order valence-electron chi connectivity index (χ1n) is 6.98. The lowest BCUT2D eigenvalue weighted by molar-refractivity contribution is -0.135. The van der Waals surface area contributed by atoms with E-state index in [2.05, 4.69) is 0 Å². The van der Waals surface area contributed by atoms with Crippen molar-refractivity contribution in [2.24, 2.45) is 0 Å². The molecule has 1 aromatic rings. The minimum atomic E-state index is 0.230. The first-order chi connectivity index (χ1) is 9.24. The Bertz CT molecular complexity index is 258. The molecule has 0 N–H and O–H groups in total. The summed E-state index contributed by atoms with van der Waals surface area (Å²) in [6.07, 6.45) is 1.76. The van der Waals surface area contributed by atoms with Crippen LogP contribution in [0.4, 0.5) is 0 Å². The predicted octanol–water partition coefficient (Wildman–Crippen LogP) is 4.05. The number of rotatable bonds is 1. The van der Waals surface area contributed by atoms with Gasteiger partial charge >= 0.3 is 0 Å². The fourth-order valence-corrected chi connectivity index (χ4v) is 1.85. The van der Waals surface area contributed by atoms with Crippen LogP contribution in [0, 0.1) is 0 Å². The molecule has 112 valence electrons. The second-order valence-electron chi connectivity index (χ2n) is 3.46. The van der Waals surface area contributed by atoms with Gasteiger partial charge in [0, 0.05) is 27.1 Å². The average Bonchev–Trinajstić information content (AvgIpc) is 3.06. The number of nitrogens with zero attached hydrogens (tertiary/aromatic N) is 1. The minimum absolute atomic E-state index is 0.230. The van der Waals surface area contributed by atoms with Gasteiger partial charge in [-0.3, -0.25) is 4.79 Å². The van der Waals surface area contributed by atoms with Crippen LogP contribution in [0.5, 0.6) is 0 Å². The monoisotopic (exact) mass is 287 g/mol. The molecule has 1 unspecified atom stereocenters. The SMILES string of the molecule is CC.CC.COC1CCC(=O)N(C)C1.c1ccsc1. The Morgan fingerprint density at radius 1 is 1.21 bits per heavy atom. The number of likely N-dealkylation sites (N-methyl/N-ethyl adjacent to an activating group) is 1. The number of piperidine rings is 1. The highest BCUT2D eigenvalue weighted by molar-refractivity contribution is 7.07. The fraction of sp³-hybridized carbons (Fsp3) is 0.667. The highest BCUT2D eigenvalue weighted by Gasteiger charge is 2.21. The summed E-state index contributed by atoms with van der Waals surface area (Å²) in [5.74, 6) is 0.230. The van der Waals surface area contributed by atoms with Gasteiger partial charge in [0.1, 0.15) is 0 Å². The van der Waals surface area contributed by atoms with E-state index in [0.29, 0.717) is 6.42 Å². The van der Waals surface area contributed by atoms with E-state index in [1.165, 1.54) is 0 Å². The summed E-state index contributed by atoms with van der Waals surface area (Å²) >= 11 is 1.71. The summed E-state index contributed by atoms with van der Waals surface area (Å²) in [5.41, 5.74) is 0. The number of hydrogen-bond acceptors (Lipinski definition) is 3.